The number of primary amides is 1. The van der Waals surface area contributed by atoms with Gasteiger partial charge in [-0.15, -0.1) is 0 Å². The van der Waals surface area contributed by atoms with Crippen molar-refractivity contribution < 1.29 is 9.53 Å². The summed E-state index contributed by atoms with van der Waals surface area (Å²) in [5.74, 6) is 0.0797. The summed E-state index contributed by atoms with van der Waals surface area (Å²) in [6.45, 7) is 0. The van der Waals surface area contributed by atoms with E-state index in [1.807, 2.05) is 42.5 Å². The molecular formula is C20H16NO2. The van der Waals surface area contributed by atoms with E-state index in [2.05, 4.69) is 18.2 Å². The Kier molecular flexibility index (Phi) is 4.11. The minimum Gasteiger partial charge on any atom is -0.496 e. The van der Waals surface area contributed by atoms with Gasteiger partial charge in [-0.1, -0.05) is 54.6 Å². The van der Waals surface area contributed by atoms with Gasteiger partial charge in [0.1, 0.15) is 5.75 Å². The highest BCUT2D eigenvalue weighted by Gasteiger charge is 2.15. The number of ether oxygens (including phenoxy) is 1. The fraction of sp³-hybridized carbons (Fsp3) is 0.0500. The third-order valence-corrected chi connectivity index (χ3v) is 3.71. The number of carbonyl (C=O) groups excluding carboxylic acids is 1. The molecule has 3 heteroatoms. The fourth-order valence-corrected chi connectivity index (χ4v) is 2.59. The lowest BCUT2D eigenvalue weighted by molar-refractivity contribution is 0.100. The molecule has 0 aliphatic carbocycles. The van der Waals surface area contributed by atoms with Crippen LogP contribution in [0.25, 0.3) is 22.3 Å². The lowest BCUT2D eigenvalue weighted by atomic mass is 9.96. The molecule has 0 saturated heterocycles. The highest BCUT2D eigenvalue weighted by atomic mass is 16.5. The molecule has 3 aromatic rings. The summed E-state index contributed by atoms with van der Waals surface area (Å²) in [5, 5.41) is 0. The number of hydrogen-bond acceptors (Lipinski definition) is 2. The predicted octanol–water partition coefficient (Wildman–Crippen LogP) is 3.93. The highest BCUT2D eigenvalue weighted by molar-refractivity contribution is 6.01. The monoisotopic (exact) mass is 302 g/mol. The van der Waals surface area contributed by atoms with Crippen molar-refractivity contribution in [3.8, 4) is 28.0 Å². The van der Waals surface area contributed by atoms with Gasteiger partial charge in [-0.05, 0) is 34.9 Å². The Bertz CT molecular complexity index is 824. The van der Waals surface area contributed by atoms with Crippen molar-refractivity contribution in [3.63, 3.8) is 0 Å². The molecule has 0 aliphatic heterocycles. The van der Waals surface area contributed by atoms with Crippen LogP contribution in [-0.2, 0) is 0 Å². The van der Waals surface area contributed by atoms with E-state index in [4.69, 9.17) is 10.5 Å². The van der Waals surface area contributed by atoms with Crippen LogP contribution in [-0.4, -0.2) is 13.0 Å². The first kappa shape index (κ1) is 14.9. The third-order valence-electron chi connectivity index (χ3n) is 3.71. The molecule has 0 aromatic heterocycles. The SMILES string of the molecule is COc1cc[c]c(C(N)=O)c1-c1ccc(-c2ccccc2)cc1. The molecule has 1 amide bonds. The highest BCUT2D eigenvalue weighted by Crippen LogP contribution is 2.34. The van der Waals surface area contributed by atoms with E-state index >= 15 is 0 Å². The van der Waals surface area contributed by atoms with Crippen LogP contribution in [0.2, 0.25) is 0 Å². The molecule has 0 unspecified atom stereocenters. The van der Waals surface area contributed by atoms with Crippen molar-refractivity contribution in [2.45, 2.75) is 0 Å². The molecule has 0 atom stereocenters. The number of carbonyl (C=O) groups is 1. The summed E-state index contributed by atoms with van der Waals surface area (Å²) in [6.07, 6.45) is 0. The van der Waals surface area contributed by atoms with Crippen LogP contribution in [0.3, 0.4) is 0 Å². The van der Waals surface area contributed by atoms with E-state index in [1.54, 1.807) is 19.2 Å². The zero-order chi connectivity index (χ0) is 16.2. The molecular weight excluding hydrogens is 286 g/mol. The lowest BCUT2D eigenvalue weighted by Gasteiger charge is -2.12. The Hall–Kier alpha value is -3.07. The van der Waals surface area contributed by atoms with Gasteiger partial charge >= 0.3 is 0 Å². The van der Waals surface area contributed by atoms with Gasteiger partial charge in [0, 0.05) is 5.56 Å². The van der Waals surface area contributed by atoms with Crippen molar-refractivity contribution in [2.24, 2.45) is 5.73 Å². The van der Waals surface area contributed by atoms with E-state index in [-0.39, 0.29) is 0 Å². The molecule has 0 saturated carbocycles. The maximum absolute atomic E-state index is 11.7. The fourth-order valence-electron chi connectivity index (χ4n) is 2.59. The normalized spacial score (nSPS) is 10.3. The lowest BCUT2D eigenvalue weighted by Crippen LogP contribution is -2.13. The van der Waals surface area contributed by atoms with Gasteiger partial charge in [0.25, 0.3) is 0 Å². The molecule has 0 heterocycles. The van der Waals surface area contributed by atoms with Gasteiger partial charge in [-0.25, -0.2) is 0 Å². The molecule has 0 fully saturated rings. The predicted molar refractivity (Wildman–Crippen MR) is 91.2 cm³/mol. The molecule has 23 heavy (non-hydrogen) atoms. The largest absolute Gasteiger partial charge is 0.496 e. The summed E-state index contributed by atoms with van der Waals surface area (Å²) in [6, 6.07) is 24.4. The van der Waals surface area contributed by atoms with E-state index in [9.17, 15) is 4.79 Å². The number of benzene rings is 3. The van der Waals surface area contributed by atoms with Crippen molar-refractivity contribution in [2.75, 3.05) is 7.11 Å². The Balaban J connectivity index is 2.08. The van der Waals surface area contributed by atoms with Crippen LogP contribution in [0.4, 0.5) is 0 Å². The van der Waals surface area contributed by atoms with Gasteiger partial charge in [-0.2, -0.15) is 0 Å². The van der Waals surface area contributed by atoms with Gasteiger partial charge in [0.2, 0.25) is 5.91 Å². The van der Waals surface area contributed by atoms with Gasteiger partial charge in [0.05, 0.1) is 12.7 Å². The Morgan fingerprint density at radius 3 is 2.13 bits per heavy atom. The van der Waals surface area contributed by atoms with Gasteiger partial charge < -0.3 is 10.5 Å². The molecule has 2 N–H and O–H groups in total. The summed E-state index contributed by atoms with van der Waals surface area (Å²) in [5.41, 5.74) is 9.58. The first-order chi connectivity index (χ1) is 11.2. The van der Waals surface area contributed by atoms with E-state index in [0.29, 0.717) is 16.9 Å². The molecule has 0 spiro atoms. The van der Waals surface area contributed by atoms with Crippen LogP contribution in [0.1, 0.15) is 10.4 Å². The quantitative estimate of drug-likeness (QED) is 0.794. The summed E-state index contributed by atoms with van der Waals surface area (Å²) >= 11 is 0. The number of amides is 1. The molecule has 1 radical (unpaired) electrons. The number of hydrogen-bond donors (Lipinski definition) is 1. The van der Waals surface area contributed by atoms with Crippen LogP contribution in [0.5, 0.6) is 5.75 Å². The van der Waals surface area contributed by atoms with Crippen molar-refractivity contribution in [1.82, 2.24) is 0 Å². The number of nitrogens with two attached hydrogens (primary N) is 1. The molecule has 3 aromatic carbocycles. The smallest absolute Gasteiger partial charge is 0.250 e. The zero-order valence-corrected chi connectivity index (χ0v) is 12.7. The average molecular weight is 302 g/mol. The van der Waals surface area contributed by atoms with E-state index in [0.717, 1.165) is 16.7 Å². The standard InChI is InChI=1S/C20H16NO2/c1-23-18-9-5-8-17(20(21)22)19(18)16-12-10-15(11-13-16)14-6-3-2-4-7-14/h2-7,9-13H,1H3,(H2,21,22). The Morgan fingerprint density at radius 1 is 0.913 bits per heavy atom. The van der Waals surface area contributed by atoms with E-state index in [1.165, 1.54) is 0 Å². The van der Waals surface area contributed by atoms with Crippen LogP contribution >= 0.6 is 0 Å². The van der Waals surface area contributed by atoms with Gasteiger partial charge in [-0.3, -0.25) is 4.79 Å². The van der Waals surface area contributed by atoms with Crippen molar-refractivity contribution in [1.29, 1.82) is 0 Å². The maximum atomic E-state index is 11.7. The molecule has 0 bridgehead atoms. The van der Waals surface area contributed by atoms with Crippen LogP contribution < -0.4 is 10.5 Å². The van der Waals surface area contributed by atoms with Crippen LogP contribution in [0, 0.1) is 6.07 Å². The minimum atomic E-state index is -0.522. The third kappa shape index (κ3) is 2.94. The summed E-state index contributed by atoms with van der Waals surface area (Å²) in [7, 11) is 1.57. The number of rotatable bonds is 4. The molecule has 0 aliphatic rings. The molecule has 113 valence electrons. The van der Waals surface area contributed by atoms with Crippen molar-refractivity contribution >= 4 is 5.91 Å². The maximum Gasteiger partial charge on any atom is 0.250 e. The van der Waals surface area contributed by atoms with E-state index < -0.39 is 5.91 Å². The first-order valence-corrected chi connectivity index (χ1v) is 7.25. The minimum absolute atomic E-state index is 0.330. The number of methoxy groups -OCH3 is 1. The zero-order valence-electron chi connectivity index (χ0n) is 12.7. The molecule has 3 nitrogen and oxygen atoms in total. The first-order valence-electron chi connectivity index (χ1n) is 7.25. The summed E-state index contributed by atoms with van der Waals surface area (Å²) < 4.78 is 5.38. The average Bonchev–Trinajstić information content (AvgIpc) is 2.62. The van der Waals surface area contributed by atoms with Gasteiger partial charge in [0.15, 0.2) is 0 Å². The Morgan fingerprint density at radius 2 is 1.52 bits per heavy atom. The summed E-state index contributed by atoms with van der Waals surface area (Å²) in [4.78, 5) is 11.7. The van der Waals surface area contributed by atoms with Crippen LogP contribution in [0.15, 0.2) is 66.7 Å². The molecule has 3 rings (SSSR count). The topological polar surface area (TPSA) is 52.3 Å². The van der Waals surface area contributed by atoms with Crippen molar-refractivity contribution in [3.05, 3.63) is 78.4 Å². The second-order valence-electron chi connectivity index (χ2n) is 5.10. The second kappa shape index (κ2) is 6.36. The second-order valence-corrected chi connectivity index (χ2v) is 5.10. The Labute approximate surface area is 135 Å².